The molecule has 0 aromatic carbocycles. The van der Waals surface area contributed by atoms with E-state index in [2.05, 4.69) is 17.2 Å². The highest BCUT2D eigenvalue weighted by atomic mass is 15.0. The second-order valence-corrected chi connectivity index (χ2v) is 4.13. The number of nitrogens with two attached hydrogens (primary N) is 1. The third-order valence-electron chi connectivity index (χ3n) is 3.00. The standard InChI is InChI=1S/C11H17N3/c1-8-3-2-4-10(8)14-9-5-6-11(12)13-7-9/h5-8,10,14H,2-4H2,1H3,(H2,12,13). The molecule has 1 fully saturated rings. The molecule has 3 nitrogen and oxygen atoms in total. The number of rotatable bonds is 2. The molecule has 76 valence electrons. The first-order chi connectivity index (χ1) is 6.75. The Labute approximate surface area is 84.7 Å². The zero-order chi connectivity index (χ0) is 9.97. The van der Waals surface area contributed by atoms with Gasteiger partial charge in [-0.3, -0.25) is 0 Å². The van der Waals surface area contributed by atoms with E-state index in [0.29, 0.717) is 11.9 Å². The van der Waals surface area contributed by atoms with Crippen molar-refractivity contribution >= 4 is 11.5 Å². The van der Waals surface area contributed by atoms with Crippen LogP contribution in [0.1, 0.15) is 26.2 Å². The molecule has 0 radical (unpaired) electrons. The fraction of sp³-hybridized carbons (Fsp3) is 0.545. The van der Waals surface area contributed by atoms with E-state index in [9.17, 15) is 0 Å². The largest absolute Gasteiger partial charge is 0.384 e. The predicted octanol–water partition coefficient (Wildman–Crippen LogP) is 2.26. The minimum absolute atomic E-state index is 0.579. The SMILES string of the molecule is CC1CCCC1Nc1ccc(N)nc1. The van der Waals surface area contributed by atoms with Crippen LogP contribution in [0.25, 0.3) is 0 Å². The lowest BCUT2D eigenvalue weighted by atomic mass is 10.1. The Bertz CT molecular complexity index is 294. The van der Waals surface area contributed by atoms with Gasteiger partial charge in [0.25, 0.3) is 0 Å². The number of anilines is 2. The van der Waals surface area contributed by atoms with E-state index < -0.39 is 0 Å². The number of hydrogen-bond acceptors (Lipinski definition) is 3. The second kappa shape index (κ2) is 3.86. The lowest BCUT2D eigenvalue weighted by Gasteiger charge is -2.18. The monoisotopic (exact) mass is 191 g/mol. The number of aromatic nitrogens is 1. The van der Waals surface area contributed by atoms with E-state index in [4.69, 9.17) is 5.73 Å². The maximum absolute atomic E-state index is 5.52. The molecule has 3 N–H and O–H groups in total. The van der Waals surface area contributed by atoms with E-state index in [1.807, 2.05) is 12.1 Å². The van der Waals surface area contributed by atoms with Crippen LogP contribution < -0.4 is 11.1 Å². The first kappa shape index (κ1) is 9.31. The van der Waals surface area contributed by atoms with Gasteiger partial charge in [-0.25, -0.2) is 4.98 Å². The summed E-state index contributed by atoms with van der Waals surface area (Å²) in [6.45, 7) is 2.30. The van der Waals surface area contributed by atoms with Crippen molar-refractivity contribution in [2.75, 3.05) is 11.1 Å². The van der Waals surface area contributed by atoms with Crippen molar-refractivity contribution in [2.45, 2.75) is 32.2 Å². The van der Waals surface area contributed by atoms with Gasteiger partial charge in [0.15, 0.2) is 0 Å². The molecule has 2 rings (SSSR count). The Morgan fingerprint density at radius 1 is 1.43 bits per heavy atom. The van der Waals surface area contributed by atoms with Crippen molar-refractivity contribution in [3.63, 3.8) is 0 Å². The molecule has 2 unspecified atom stereocenters. The van der Waals surface area contributed by atoms with Crippen molar-refractivity contribution in [2.24, 2.45) is 5.92 Å². The summed E-state index contributed by atoms with van der Waals surface area (Å²) in [7, 11) is 0. The van der Waals surface area contributed by atoms with Gasteiger partial charge in [0, 0.05) is 6.04 Å². The van der Waals surface area contributed by atoms with Crippen molar-refractivity contribution in [1.29, 1.82) is 0 Å². The molecule has 0 saturated heterocycles. The van der Waals surface area contributed by atoms with E-state index >= 15 is 0 Å². The highest BCUT2D eigenvalue weighted by Crippen LogP contribution is 2.27. The number of hydrogen-bond donors (Lipinski definition) is 2. The highest BCUT2D eigenvalue weighted by Gasteiger charge is 2.22. The fourth-order valence-electron chi connectivity index (χ4n) is 2.06. The molecule has 1 aromatic heterocycles. The van der Waals surface area contributed by atoms with E-state index in [1.165, 1.54) is 19.3 Å². The van der Waals surface area contributed by atoms with Crippen LogP contribution in [0.4, 0.5) is 11.5 Å². The molecular formula is C11H17N3. The van der Waals surface area contributed by atoms with E-state index in [0.717, 1.165) is 11.6 Å². The molecule has 0 aliphatic heterocycles. The molecule has 3 heteroatoms. The van der Waals surface area contributed by atoms with E-state index in [1.54, 1.807) is 6.20 Å². The summed E-state index contributed by atoms with van der Waals surface area (Å²) in [5.41, 5.74) is 6.60. The topological polar surface area (TPSA) is 50.9 Å². The summed E-state index contributed by atoms with van der Waals surface area (Å²) in [6, 6.07) is 4.44. The maximum Gasteiger partial charge on any atom is 0.123 e. The molecular weight excluding hydrogens is 174 g/mol. The number of nitrogens with one attached hydrogen (secondary N) is 1. The highest BCUT2D eigenvalue weighted by molar-refractivity contribution is 5.46. The molecule has 1 saturated carbocycles. The van der Waals surface area contributed by atoms with Crippen molar-refractivity contribution in [3.8, 4) is 0 Å². The molecule has 1 aliphatic carbocycles. The molecule has 0 bridgehead atoms. The molecule has 0 amide bonds. The van der Waals surface area contributed by atoms with Crippen LogP contribution in [0, 0.1) is 5.92 Å². The van der Waals surface area contributed by atoms with Crippen LogP contribution in [0.15, 0.2) is 18.3 Å². The lowest BCUT2D eigenvalue weighted by molar-refractivity contribution is 0.556. The van der Waals surface area contributed by atoms with Crippen molar-refractivity contribution < 1.29 is 0 Å². The summed E-state index contributed by atoms with van der Waals surface area (Å²) in [5, 5.41) is 3.50. The Kier molecular flexibility index (Phi) is 2.57. The summed E-state index contributed by atoms with van der Waals surface area (Å²) in [6.07, 6.45) is 5.74. The molecule has 0 spiro atoms. The normalized spacial score (nSPS) is 26.4. The maximum atomic E-state index is 5.52. The minimum Gasteiger partial charge on any atom is -0.384 e. The van der Waals surface area contributed by atoms with Gasteiger partial charge >= 0.3 is 0 Å². The Balaban J connectivity index is 2.00. The number of nitrogen functional groups attached to an aromatic ring is 1. The van der Waals surface area contributed by atoms with E-state index in [-0.39, 0.29) is 0 Å². The minimum atomic E-state index is 0.579. The first-order valence-electron chi connectivity index (χ1n) is 5.24. The van der Waals surface area contributed by atoms with Crippen molar-refractivity contribution in [3.05, 3.63) is 18.3 Å². The van der Waals surface area contributed by atoms with Crippen LogP contribution in [0.2, 0.25) is 0 Å². The second-order valence-electron chi connectivity index (χ2n) is 4.13. The number of nitrogens with zero attached hydrogens (tertiary/aromatic N) is 1. The summed E-state index contributed by atoms with van der Waals surface area (Å²) < 4.78 is 0. The summed E-state index contributed by atoms with van der Waals surface area (Å²) >= 11 is 0. The average molecular weight is 191 g/mol. The van der Waals surface area contributed by atoms with Gasteiger partial charge in [0.2, 0.25) is 0 Å². The summed E-state index contributed by atoms with van der Waals surface area (Å²) in [5.74, 6) is 1.35. The third-order valence-corrected chi connectivity index (χ3v) is 3.00. The molecule has 2 atom stereocenters. The average Bonchev–Trinajstić information content (AvgIpc) is 2.56. The Morgan fingerprint density at radius 2 is 2.29 bits per heavy atom. The first-order valence-corrected chi connectivity index (χ1v) is 5.24. The predicted molar refractivity (Wildman–Crippen MR) is 59.1 cm³/mol. The zero-order valence-electron chi connectivity index (χ0n) is 8.53. The molecule has 1 aliphatic rings. The van der Waals surface area contributed by atoms with Crippen LogP contribution in [0.5, 0.6) is 0 Å². The Hall–Kier alpha value is -1.25. The van der Waals surface area contributed by atoms with Gasteiger partial charge in [-0.05, 0) is 30.9 Å². The van der Waals surface area contributed by atoms with Crippen LogP contribution in [-0.2, 0) is 0 Å². The smallest absolute Gasteiger partial charge is 0.123 e. The van der Waals surface area contributed by atoms with Gasteiger partial charge in [-0.15, -0.1) is 0 Å². The van der Waals surface area contributed by atoms with Gasteiger partial charge in [-0.1, -0.05) is 13.3 Å². The van der Waals surface area contributed by atoms with Gasteiger partial charge in [-0.2, -0.15) is 0 Å². The van der Waals surface area contributed by atoms with Crippen molar-refractivity contribution in [1.82, 2.24) is 4.98 Å². The van der Waals surface area contributed by atoms with Gasteiger partial charge in [0.1, 0.15) is 5.82 Å². The van der Waals surface area contributed by atoms with Gasteiger partial charge in [0.05, 0.1) is 11.9 Å². The van der Waals surface area contributed by atoms with Crippen LogP contribution in [0.3, 0.4) is 0 Å². The summed E-state index contributed by atoms with van der Waals surface area (Å²) in [4.78, 5) is 4.06. The van der Waals surface area contributed by atoms with Crippen LogP contribution >= 0.6 is 0 Å². The molecule has 1 heterocycles. The molecule has 1 aromatic rings. The zero-order valence-corrected chi connectivity index (χ0v) is 8.53. The van der Waals surface area contributed by atoms with Gasteiger partial charge < -0.3 is 11.1 Å². The third kappa shape index (κ3) is 1.97. The quantitative estimate of drug-likeness (QED) is 0.754. The molecule has 14 heavy (non-hydrogen) atoms. The van der Waals surface area contributed by atoms with Crippen LogP contribution in [-0.4, -0.2) is 11.0 Å². The Morgan fingerprint density at radius 3 is 2.86 bits per heavy atom. The fourth-order valence-corrected chi connectivity index (χ4v) is 2.06. The number of pyridine rings is 1. The lowest BCUT2D eigenvalue weighted by Crippen LogP contribution is -2.21.